The number of aliphatic hydroxyl groups is 1. The minimum atomic E-state index is -0.771. The predicted octanol–water partition coefficient (Wildman–Crippen LogP) is -0.357. The van der Waals surface area contributed by atoms with Gasteiger partial charge in [-0.15, -0.1) is 6.58 Å². The van der Waals surface area contributed by atoms with Crippen molar-refractivity contribution in [1.29, 1.82) is 0 Å². The van der Waals surface area contributed by atoms with E-state index >= 15 is 0 Å². The Morgan fingerprint density at radius 2 is 2.55 bits per heavy atom. The van der Waals surface area contributed by atoms with Gasteiger partial charge in [-0.2, -0.15) is 0 Å². The Kier molecular flexibility index (Phi) is 5.42. The molecule has 0 saturated carbocycles. The number of aliphatic hydroxyl groups excluding tert-OH is 1. The minimum Gasteiger partial charge on any atom is -0.389 e. The van der Waals surface area contributed by atoms with E-state index in [0.717, 1.165) is 0 Å². The van der Waals surface area contributed by atoms with E-state index in [1.54, 1.807) is 0 Å². The zero-order chi connectivity index (χ0) is 8.69. The topological polar surface area (TPSA) is 58.6 Å². The summed E-state index contributed by atoms with van der Waals surface area (Å²) in [5.74, 6) is -0.251. The first-order valence-electron chi connectivity index (χ1n) is 3.27. The molecule has 0 heterocycles. The summed E-state index contributed by atoms with van der Waals surface area (Å²) in [4.78, 5) is 10.8. The minimum absolute atomic E-state index is 0.0346. The van der Waals surface area contributed by atoms with Crippen LogP contribution in [0.15, 0.2) is 12.7 Å². The molecule has 0 fully saturated rings. The van der Waals surface area contributed by atoms with Crippen LogP contribution in [0.2, 0.25) is 0 Å². The van der Waals surface area contributed by atoms with Gasteiger partial charge in [0.2, 0.25) is 5.91 Å². The SMILES string of the molecule is C=C[C@@H](O)CC(=O)NCOC. The normalized spacial score (nSPS) is 12.2. The fourth-order valence-corrected chi connectivity index (χ4v) is 0.498. The molecule has 11 heavy (non-hydrogen) atoms. The lowest BCUT2D eigenvalue weighted by molar-refractivity contribution is -0.123. The molecule has 64 valence electrons. The van der Waals surface area contributed by atoms with Gasteiger partial charge < -0.3 is 15.2 Å². The van der Waals surface area contributed by atoms with E-state index in [9.17, 15) is 4.79 Å². The van der Waals surface area contributed by atoms with Crippen LogP contribution in [0.1, 0.15) is 6.42 Å². The van der Waals surface area contributed by atoms with E-state index in [1.165, 1.54) is 13.2 Å². The number of ether oxygens (including phenoxy) is 1. The molecule has 0 aliphatic heterocycles. The lowest BCUT2D eigenvalue weighted by Gasteiger charge is -2.05. The third-order valence-electron chi connectivity index (χ3n) is 1.08. The van der Waals surface area contributed by atoms with Crippen LogP contribution >= 0.6 is 0 Å². The van der Waals surface area contributed by atoms with Crippen LogP contribution < -0.4 is 5.32 Å². The number of carbonyl (C=O) groups is 1. The summed E-state index contributed by atoms with van der Waals surface area (Å²) >= 11 is 0. The Bertz CT molecular complexity index is 136. The highest BCUT2D eigenvalue weighted by molar-refractivity contribution is 5.76. The van der Waals surface area contributed by atoms with E-state index in [0.29, 0.717) is 0 Å². The van der Waals surface area contributed by atoms with E-state index < -0.39 is 6.10 Å². The molecule has 4 nitrogen and oxygen atoms in total. The second-order valence-corrected chi connectivity index (χ2v) is 2.04. The molecule has 4 heteroatoms. The maximum atomic E-state index is 10.8. The molecular formula is C7H13NO3. The molecule has 1 atom stereocenters. The molecule has 0 aromatic rings. The van der Waals surface area contributed by atoms with Crippen molar-refractivity contribution in [3.8, 4) is 0 Å². The summed E-state index contributed by atoms with van der Waals surface area (Å²) in [6.07, 6.45) is 0.575. The Balaban J connectivity index is 3.43. The van der Waals surface area contributed by atoms with E-state index in [-0.39, 0.29) is 19.1 Å². The van der Waals surface area contributed by atoms with Gasteiger partial charge >= 0.3 is 0 Å². The maximum absolute atomic E-state index is 10.8. The molecule has 0 saturated heterocycles. The van der Waals surface area contributed by atoms with Crippen LogP contribution in [0.4, 0.5) is 0 Å². The fourth-order valence-electron chi connectivity index (χ4n) is 0.498. The zero-order valence-corrected chi connectivity index (χ0v) is 6.54. The number of rotatable bonds is 5. The lowest BCUT2D eigenvalue weighted by atomic mass is 10.2. The van der Waals surface area contributed by atoms with Crippen LogP contribution in [0, 0.1) is 0 Å². The van der Waals surface area contributed by atoms with E-state index in [2.05, 4.69) is 16.6 Å². The van der Waals surface area contributed by atoms with Crippen LogP contribution in [-0.2, 0) is 9.53 Å². The Morgan fingerprint density at radius 3 is 3.00 bits per heavy atom. The van der Waals surface area contributed by atoms with Gasteiger partial charge in [0.15, 0.2) is 0 Å². The smallest absolute Gasteiger partial charge is 0.224 e. The highest BCUT2D eigenvalue weighted by Gasteiger charge is 2.05. The fraction of sp³-hybridized carbons (Fsp3) is 0.571. The monoisotopic (exact) mass is 159 g/mol. The van der Waals surface area contributed by atoms with Crippen molar-refractivity contribution >= 4 is 5.91 Å². The molecule has 0 rings (SSSR count). The first kappa shape index (κ1) is 10.1. The number of carbonyl (C=O) groups excluding carboxylic acids is 1. The number of methoxy groups -OCH3 is 1. The van der Waals surface area contributed by atoms with Crippen molar-refractivity contribution in [3.63, 3.8) is 0 Å². The zero-order valence-electron chi connectivity index (χ0n) is 6.54. The first-order chi connectivity index (χ1) is 5.20. The van der Waals surface area contributed by atoms with Crippen molar-refractivity contribution < 1.29 is 14.6 Å². The van der Waals surface area contributed by atoms with Gasteiger partial charge in [0.25, 0.3) is 0 Å². The third-order valence-corrected chi connectivity index (χ3v) is 1.08. The summed E-state index contributed by atoms with van der Waals surface area (Å²) < 4.78 is 4.59. The predicted molar refractivity (Wildman–Crippen MR) is 40.8 cm³/mol. The first-order valence-corrected chi connectivity index (χ1v) is 3.27. The summed E-state index contributed by atoms with van der Waals surface area (Å²) in [6.45, 7) is 3.50. The van der Waals surface area contributed by atoms with E-state index in [1.807, 2.05) is 0 Å². The summed E-state index contributed by atoms with van der Waals surface area (Å²) in [6, 6.07) is 0. The molecule has 0 radical (unpaired) electrons. The molecule has 0 spiro atoms. The molecule has 0 aromatic heterocycles. The van der Waals surface area contributed by atoms with Crippen LogP contribution in [0.3, 0.4) is 0 Å². The average Bonchev–Trinajstić information content (AvgIpc) is 2.00. The van der Waals surface area contributed by atoms with Crippen molar-refractivity contribution in [2.24, 2.45) is 0 Å². The largest absolute Gasteiger partial charge is 0.389 e. The quantitative estimate of drug-likeness (QED) is 0.425. The van der Waals surface area contributed by atoms with Crippen molar-refractivity contribution in [3.05, 3.63) is 12.7 Å². The summed E-state index contributed by atoms with van der Waals surface area (Å²) in [5.41, 5.74) is 0. The molecule has 0 aliphatic carbocycles. The highest BCUT2D eigenvalue weighted by Crippen LogP contribution is 1.90. The molecular weight excluding hydrogens is 146 g/mol. The third kappa shape index (κ3) is 5.57. The lowest BCUT2D eigenvalue weighted by Crippen LogP contribution is -2.28. The highest BCUT2D eigenvalue weighted by atomic mass is 16.5. The van der Waals surface area contributed by atoms with Gasteiger partial charge in [-0.05, 0) is 0 Å². The van der Waals surface area contributed by atoms with Crippen molar-refractivity contribution in [2.45, 2.75) is 12.5 Å². The second kappa shape index (κ2) is 5.88. The van der Waals surface area contributed by atoms with Gasteiger partial charge in [0.1, 0.15) is 6.73 Å². The van der Waals surface area contributed by atoms with E-state index in [4.69, 9.17) is 5.11 Å². The Morgan fingerprint density at radius 1 is 1.91 bits per heavy atom. The Labute approximate surface area is 65.9 Å². The molecule has 0 unspecified atom stereocenters. The molecule has 0 bridgehead atoms. The van der Waals surface area contributed by atoms with Crippen LogP contribution in [0.25, 0.3) is 0 Å². The van der Waals surface area contributed by atoms with Gasteiger partial charge in [0.05, 0.1) is 12.5 Å². The summed E-state index contributed by atoms with van der Waals surface area (Å²) in [7, 11) is 1.48. The van der Waals surface area contributed by atoms with Crippen LogP contribution in [-0.4, -0.2) is 31.0 Å². The van der Waals surface area contributed by atoms with Gasteiger partial charge in [-0.25, -0.2) is 0 Å². The maximum Gasteiger partial charge on any atom is 0.224 e. The van der Waals surface area contributed by atoms with Gasteiger partial charge in [-0.3, -0.25) is 4.79 Å². The standard InChI is InChI=1S/C7H13NO3/c1-3-6(9)4-7(10)8-5-11-2/h3,6,9H,1,4-5H2,2H3,(H,8,10)/t6-/m1/s1. The molecule has 1 amide bonds. The Hall–Kier alpha value is -0.870. The van der Waals surface area contributed by atoms with Gasteiger partial charge in [0, 0.05) is 7.11 Å². The molecule has 0 aromatic carbocycles. The average molecular weight is 159 g/mol. The molecule has 0 aliphatic rings. The number of hydrogen-bond acceptors (Lipinski definition) is 3. The number of hydrogen-bond donors (Lipinski definition) is 2. The number of nitrogens with one attached hydrogen (secondary N) is 1. The summed E-state index contributed by atoms with van der Waals surface area (Å²) in [5, 5.41) is 11.3. The second-order valence-electron chi connectivity index (χ2n) is 2.04. The van der Waals surface area contributed by atoms with Gasteiger partial charge in [-0.1, -0.05) is 6.08 Å². The van der Waals surface area contributed by atoms with Crippen molar-refractivity contribution in [1.82, 2.24) is 5.32 Å². The number of amides is 1. The molecule has 2 N–H and O–H groups in total. The van der Waals surface area contributed by atoms with Crippen LogP contribution in [0.5, 0.6) is 0 Å². The van der Waals surface area contributed by atoms with Crippen molar-refractivity contribution in [2.75, 3.05) is 13.8 Å².